The maximum Gasteiger partial charge on any atom is 0.268 e. The van der Waals surface area contributed by atoms with Gasteiger partial charge in [-0.15, -0.1) is 0 Å². The van der Waals surface area contributed by atoms with Crippen LogP contribution in [0.4, 0.5) is 10.9 Å². The predicted octanol–water partition coefficient (Wildman–Crippen LogP) is 1.19. The molecule has 2 rings (SSSR count). The Labute approximate surface area is 128 Å². The number of hydrogen-bond acceptors (Lipinski definition) is 6. The molecule has 0 bridgehead atoms. The average Bonchev–Trinajstić information content (AvgIpc) is 3.04. The summed E-state index contributed by atoms with van der Waals surface area (Å²) in [7, 11) is 5.56. The summed E-state index contributed by atoms with van der Waals surface area (Å²) < 4.78 is 1.89. The Kier molecular flexibility index (Phi) is 4.46. The Hall–Kier alpha value is -2.09. The van der Waals surface area contributed by atoms with E-state index in [4.69, 9.17) is 5.73 Å². The van der Waals surface area contributed by atoms with E-state index in [2.05, 4.69) is 9.97 Å². The van der Waals surface area contributed by atoms with Gasteiger partial charge in [-0.3, -0.25) is 4.79 Å². The molecule has 2 heterocycles. The van der Waals surface area contributed by atoms with Gasteiger partial charge >= 0.3 is 0 Å². The van der Waals surface area contributed by atoms with Crippen molar-refractivity contribution in [1.82, 2.24) is 19.4 Å². The summed E-state index contributed by atoms with van der Waals surface area (Å²) in [4.78, 5) is 25.0. The van der Waals surface area contributed by atoms with Gasteiger partial charge in [0.15, 0.2) is 5.13 Å². The standard InChI is InChI=1S/C13H20N6OS/c1-5-17(2)13-16-11(14)10(21-13)12(20)19(4)8-9-15-6-7-18(9)3/h6-7H,5,8,14H2,1-4H3. The van der Waals surface area contributed by atoms with Gasteiger partial charge in [-0.05, 0) is 6.92 Å². The number of nitrogens with two attached hydrogens (primary N) is 1. The summed E-state index contributed by atoms with van der Waals surface area (Å²) in [6, 6.07) is 0. The topological polar surface area (TPSA) is 80.3 Å². The van der Waals surface area contributed by atoms with Crippen LogP contribution in [0.1, 0.15) is 22.4 Å². The molecule has 2 aromatic rings. The lowest BCUT2D eigenvalue weighted by molar-refractivity contribution is 0.0786. The fraction of sp³-hybridized carbons (Fsp3) is 0.462. The summed E-state index contributed by atoms with van der Waals surface area (Å²) in [5.41, 5.74) is 5.88. The van der Waals surface area contributed by atoms with Crippen LogP contribution in [0.25, 0.3) is 0 Å². The highest BCUT2D eigenvalue weighted by Crippen LogP contribution is 2.28. The van der Waals surface area contributed by atoms with E-state index in [0.29, 0.717) is 11.4 Å². The quantitative estimate of drug-likeness (QED) is 0.897. The fourth-order valence-electron chi connectivity index (χ4n) is 1.78. The molecule has 1 amide bonds. The van der Waals surface area contributed by atoms with Gasteiger partial charge in [-0.2, -0.15) is 0 Å². The molecule has 0 fully saturated rings. The molecular formula is C13H20N6OS. The second kappa shape index (κ2) is 6.13. The molecule has 8 heteroatoms. The Morgan fingerprint density at radius 3 is 2.76 bits per heavy atom. The number of amides is 1. The lowest BCUT2D eigenvalue weighted by atomic mass is 10.4. The molecule has 0 saturated heterocycles. The highest BCUT2D eigenvalue weighted by atomic mass is 32.1. The molecule has 0 saturated carbocycles. The first kappa shape index (κ1) is 15.3. The van der Waals surface area contributed by atoms with E-state index in [1.165, 1.54) is 11.3 Å². The first-order valence-electron chi connectivity index (χ1n) is 6.63. The Morgan fingerprint density at radius 1 is 1.48 bits per heavy atom. The molecule has 2 N–H and O–H groups in total. The normalized spacial score (nSPS) is 10.7. The van der Waals surface area contributed by atoms with Gasteiger partial charge in [0.2, 0.25) is 0 Å². The Bertz CT molecular complexity index is 634. The van der Waals surface area contributed by atoms with Crippen LogP contribution < -0.4 is 10.6 Å². The smallest absolute Gasteiger partial charge is 0.268 e. The maximum atomic E-state index is 12.5. The van der Waals surface area contributed by atoms with Crippen molar-refractivity contribution in [3.8, 4) is 0 Å². The van der Waals surface area contributed by atoms with Gasteiger partial charge in [0.05, 0.1) is 6.54 Å². The number of thiazole rings is 1. The molecule has 21 heavy (non-hydrogen) atoms. The first-order valence-corrected chi connectivity index (χ1v) is 7.44. The molecule has 0 aliphatic carbocycles. The number of rotatable bonds is 5. The van der Waals surface area contributed by atoms with Gasteiger partial charge in [0.1, 0.15) is 16.5 Å². The average molecular weight is 308 g/mol. The van der Waals surface area contributed by atoms with Crippen LogP contribution in [0.3, 0.4) is 0 Å². The fourth-order valence-corrected chi connectivity index (χ4v) is 2.78. The van der Waals surface area contributed by atoms with Crippen molar-refractivity contribution in [1.29, 1.82) is 0 Å². The first-order chi connectivity index (χ1) is 9.93. The summed E-state index contributed by atoms with van der Waals surface area (Å²) in [6.45, 7) is 3.26. The second-order valence-corrected chi connectivity index (χ2v) is 5.82. The third-order valence-electron chi connectivity index (χ3n) is 3.28. The van der Waals surface area contributed by atoms with E-state index in [0.717, 1.165) is 17.5 Å². The lowest BCUT2D eigenvalue weighted by Crippen LogP contribution is -2.27. The minimum Gasteiger partial charge on any atom is -0.382 e. The lowest BCUT2D eigenvalue weighted by Gasteiger charge is -2.16. The van der Waals surface area contributed by atoms with E-state index in [1.807, 2.05) is 36.7 Å². The Morgan fingerprint density at radius 2 is 2.19 bits per heavy atom. The van der Waals surface area contributed by atoms with Crippen LogP contribution in [0.5, 0.6) is 0 Å². The highest BCUT2D eigenvalue weighted by molar-refractivity contribution is 7.18. The number of imidazole rings is 1. The Balaban J connectivity index is 2.16. The number of hydrogen-bond donors (Lipinski definition) is 1. The number of nitrogens with zero attached hydrogens (tertiary/aromatic N) is 5. The molecule has 0 aliphatic heterocycles. The second-order valence-electron chi connectivity index (χ2n) is 4.84. The summed E-state index contributed by atoms with van der Waals surface area (Å²) in [6.07, 6.45) is 3.56. The van der Waals surface area contributed by atoms with Crippen molar-refractivity contribution in [3.63, 3.8) is 0 Å². The number of anilines is 2. The van der Waals surface area contributed by atoms with Crippen molar-refractivity contribution in [2.75, 3.05) is 31.3 Å². The third-order valence-corrected chi connectivity index (χ3v) is 4.46. The van der Waals surface area contributed by atoms with E-state index in [1.54, 1.807) is 18.1 Å². The van der Waals surface area contributed by atoms with E-state index >= 15 is 0 Å². The van der Waals surface area contributed by atoms with Crippen molar-refractivity contribution >= 4 is 28.2 Å². The predicted molar refractivity (Wildman–Crippen MR) is 84.5 cm³/mol. The minimum absolute atomic E-state index is 0.135. The summed E-state index contributed by atoms with van der Waals surface area (Å²) >= 11 is 1.32. The zero-order chi connectivity index (χ0) is 15.6. The van der Waals surface area contributed by atoms with Gasteiger partial charge in [-0.1, -0.05) is 11.3 Å². The number of aryl methyl sites for hydroxylation is 1. The van der Waals surface area contributed by atoms with Crippen LogP contribution >= 0.6 is 11.3 Å². The largest absolute Gasteiger partial charge is 0.382 e. The zero-order valence-corrected chi connectivity index (χ0v) is 13.5. The molecule has 0 aliphatic rings. The van der Waals surface area contributed by atoms with Crippen LogP contribution in [0.15, 0.2) is 12.4 Å². The van der Waals surface area contributed by atoms with E-state index in [-0.39, 0.29) is 11.7 Å². The third kappa shape index (κ3) is 3.15. The molecule has 0 atom stereocenters. The molecule has 7 nitrogen and oxygen atoms in total. The zero-order valence-electron chi connectivity index (χ0n) is 12.7. The monoisotopic (exact) mass is 308 g/mol. The summed E-state index contributed by atoms with van der Waals surface area (Å²) in [5.74, 6) is 0.968. The van der Waals surface area contributed by atoms with Gasteiger partial charge < -0.3 is 20.1 Å². The molecular weight excluding hydrogens is 288 g/mol. The van der Waals surface area contributed by atoms with E-state index < -0.39 is 0 Å². The maximum absolute atomic E-state index is 12.5. The van der Waals surface area contributed by atoms with Crippen molar-refractivity contribution in [2.45, 2.75) is 13.5 Å². The van der Waals surface area contributed by atoms with Gasteiger partial charge in [0, 0.05) is 40.1 Å². The van der Waals surface area contributed by atoms with Crippen molar-refractivity contribution in [3.05, 3.63) is 23.1 Å². The molecule has 0 unspecified atom stereocenters. The number of nitrogen functional groups attached to an aromatic ring is 1. The number of carbonyl (C=O) groups excluding carboxylic acids is 1. The molecule has 2 aromatic heterocycles. The molecule has 114 valence electrons. The molecule has 0 spiro atoms. The van der Waals surface area contributed by atoms with Crippen LogP contribution in [-0.2, 0) is 13.6 Å². The van der Waals surface area contributed by atoms with Gasteiger partial charge in [-0.25, -0.2) is 9.97 Å². The molecule has 0 radical (unpaired) electrons. The van der Waals surface area contributed by atoms with Crippen LogP contribution in [0.2, 0.25) is 0 Å². The van der Waals surface area contributed by atoms with E-state index in [9.17, 15) is 4.79 Å². The minimum atomic E-state index is -0.135. The highest BCUT2D eigenvalue weighted by Gasteiger charge is 2.21. The molecule has 0 aromatic carbocycles. The summed E-state index contributed by atoms with van der Waals surface area (Å²) in [5, 5.41) is 0.753. The van der Waals surface area contributed by atoms with Gasteiger partial charge in [0.25, 0.3) is 5.91 Å². The SMILES string of the molecule is CCN(C)c1nc(N)c(C(=O)N(C)Cc2nccn2C)s1. The van der Waals surface area contributed by atoms with Crippen molar-refractivity contribution in [2.24, 2.45) is 7.05 Å². The van der Waals surface area contributed by atoms with Crippen molar-refractivity contribution < 1.29 is 4.79 Å². The number of carbonyl (C=O) groups is 1. The van der Waals surface area contributed by atoms with Crippen LogP contribution in [-0.4, -0.2) is 46.0 Å². The van der Waals surface area contributed by atoms with Crippen LogP contribution in [0, 0.1) is 0 Å². The number of aromatic nitrogens is 3.